The van der Waals surface area contributed by atoms with Gasteiger partial charge in [-0.3, -0.25) is 14.4 Å². The molecule has 0 bridgehead atoms. The van der Waals surface area contributed by atoms with E-state index in [-0.39, 0.29) is 32.8 Å². The number of rotatable bonds is 13. The molecule has 7 nitrogen and oxygen atoms in total. The molecule has 0 aromatic heterocycles. The van der Waals surface area contributed by atoms with Crippen LogP contribution in [-0.4, -0.2) is 49.4 Å². The maximum Gasteiger partial charge on any atom is 0.310 e. The fourth-order valence-electron chi connectivity index (χ4n) is 1.90. The van der Waals surface area contributed by atoms with Crippen LogP contribution in [0.25, 0.3) is 0 Å². The van der Waals surface area contributed by atoms with Crippen LogP contribution < -0.4 is 0 Å². The van der Waals surface area contributed by atoms with Gasteiger partial charge in [0.25, 0.3) is 0 Å². The zero-order chi connectivity index (χ0) is 18.4. The largest absolute Gasteiger partial charge is 0.466 e. The van der Waals surface area contributed by atoms with E-state index in [0.717, 1.165) is 25.7 Å². The van der Waals surface area contributed by atoms with Gasteiger partial charge in [-0.2, -0.15) is 0 Å². The quantitative estimate of drug-likeness (QED) is 0.309. The van der Waals surface area contributed by atoms with Crippen molar-refractivity contribution in [2.24, 2.45) is 11.8 Å². The summed E-state index contributed by atoms with van der Waals surface area (Å²) in [7, 11) is 0. The van der Waals surface area contributed by atoms with Crippen LogP contribution in [0.2, 0.25) is 0 Å². The summed E-state index contributed by atoms with van der Waals surface area (Å²) in [6.45, 7) is 5.52. The van der Waals surface area contributed by atoms with Crippen molar-refractivity contribution in [2.75, 3.05) is 26.4 Å². The Bertz CT molecular complexity index is 381. The van der Waals surface area contributed by atoms with E-state index < -0.39 is 29.7 Å². The Kier molecular flexibility index (Phi) is 12.8. The first kappa shape index (κ1) is 22.4. The second kappa shape index (κ2) is 13.8. The first-order valence-corrected chi connectivity index (χ1v) is 8.57. The lowest BCUT2D eigenvalue weighted by Crippen LogP contribution is -2.33. The molecule has 0 saturated heterocycles. The molecule has 2 atom stereocenters. The van der Waals surface area contributed by atoms with Crippen molar-refractivity contribution in [1.29, 1.82) is 0 Å². The van der Waals surface area contributed by atoms with E-state index in [1.165, 1.54) is 6.92 Å². The molecular weight excluding hydrogens is 316 g/mol. The lowest BCUT2D eigenvalue weighted by atomic mass is 9.91. The molecule has 0 aliphatic carbocycles. The summed E-state index contributed by atoms with van der Waals surface area (Å²) in [5.74, 6) is -3.62. The van der Waals surface area contributed by atoms with Crippen molar-refractivity contribution in [2.45, 2.75) is 52.9 Å². The lowest BCUT2D eigenvalue weighted by molar-refractivity contribution is -0.164. The molecule has 0 aromatic rings. The van der Waals surface area contributed by atoms with E-state index in [4.69, 9.17) is 19.3 Å². The predicted octanol–water partition coefficient (Wildman–Crippen LogP) is 1.85. The molecule has 1 N–H and O–H groups in total. The Morgan fingerprint density at radius 1 is 0.875 bits per heavy atom. The summed E-state index contributed by atoms with van der Waals surface area (Å²) in [6.07, 6.45) is 2.98. The van der Waals surface area contributed by atoms with E-state index in [1.807, 2.05) is 13.8 Å². The monoisotopic (exact) mass is 346 g/mol. The van der Waals surface area contributed by atoms with Gasteiger partial charge in [-0.05, 0) is 12.8 Å². The third-order valence-corrected chi connectivity index (χ3v) is 3.50. The Balaban J connectivity index is 4.74. The van der Waals surface area contributed by atoms with E-state index in [2.05, 4.69) is 0 Å². The summed E-state index contributed by atoms with van der Waals surface area (Å²) >= 11 is 0. The minimum Gasteiger partial charge on any atom is -0.466 e. The van der Waals surface area contributed by atoms with Crippen LogP contribution in [0.3, 0.4) is 0 Å². The molecule has 2 unspecified atom stereocenters. The van der Waals surface area contributed by atoms with Crippen molar-refractivity contribution in [3.05, 3.63) is 0 Å². The smallest absolute Gasteiger partial charge is 0.310 e. The minimum atomic E-state index is -0.986. The standard InChI is InChI=1S/C17H30O7/c1-4-6-9-22-15(19)12-14(17(21)24-11-8-18)13(3)16(20)23-10-7-5-2/h13-14,18H,4-12H2,1-3H3. The normalized spacial score (nSPS) is 13.0. The topological polar surface area (TPSA) is 99.1 Å². The maximum absolute atomic E-state index is 12.1. The molecule has 0 rings (SSSR count). The van der Waals surface area contributed by atoms with Gasteiger partial charge < -0.3 is 19.3 Å². The molecule has 7 heteroatoms. The summed E-state index contributed by atoms with van der Waals surface area (Å²) in [5, 5.41) is 8.75. The fraction of sp³-hybridized carbons (Fsp3) is 0.824. The van der Waals surface area contributed by atoms with Crippen LogP contribution in [0, 0.1) is 11.8 Å². The molecule has 0 aromatic carbocycles. The van der Waals surface area contributed by atoms with Gasteiger partial charge in [0.2, 0.25) is 0 Å². The van der Waals surface area contributed by atoms with Crippen molar-refractivity contribution in [1.82, 2.24) is 0 Å². The number of aliphatic hydroxyl groups excluding tert-OH is 1. The van der Waals surface area contributed by atoms with Gasteiger partial charge in [-0.15, -0.1) is 0 Å². The highest BCUT2D eigenvalue weighted by atomic mass is 16.5. The molecule has 0 radical (unpaired) electrons. The highest BCUT2D eigenvalue weighted by molar-refractivity contribution is 5.85. The first-order valence-electron chi connectivity index (χ1n) is 8.57. The van der Waals surface area contributed by atoms with Crippen LogP contribution in [0.15, 0.2) is 0 Å². The predicted molar refractivity (Wildman–Crippen MR) is 87.0 cm³/mol. The molecule has 0 aliphatic heterocycles. The third kappa shape index (κ3) is 9.50. The molecule has 0 fully saturated rings. The van der Waals surface area contributed by atoms with Crippen LogP contribution in [0.5, 0.6) is 0 Å². The van der Waals surface area contributed by atoms with Crippen molar-refractivity contribution >= 4 is 17.9 Å². The number of aliphatic hydroxyl groups is 1. The highest BCUT2D eigenvalue weighted by Crippen LogP contribution is 2.20. The number of carbonyl (C=O) groups excluding carboxylic acids is 3. The van der Waals surface area contributed by atoms with E-state index in [1.54, 1.807) is 0 Å². The summed E-state index contributed by atoms with van der Waals surface area (Å²) < 4.78 is 15.0. The fourth-order valence-corrected chi connectivity index (χ4v) is 1.90. The van der Waals surface area contributed by atoms with Crippen molar-refractivity contribution in [3.8, 4) is 0 Å². The zero-order valence-corrected chi connectivity index (χ0v) is 14.9. The second-order valence-electron chi connectivity index (χ2n) is 5.59. The van der Waals surface area contributed by atoms with E-state index in [9.17, 15) is 14.4 Å². The van der Waals surface area contributed by atoms with E-state index >= 15 is 0 Å². The number of unbranched alkanes of at least 4 members (excludes halogenated alkanes) is 2. The molecule has 140 valence electrons. The molecule has 0 heterocycles. The highest BCUT2D eigenvalue weighted by Gasteiger charge is 2.35. The molecule has 0 saturated carbocycles. The number of carbonyl (C=O) groups is 3. The van der Waals surface area contributed by atoms with E-state index in [0.29, 0.717) is 0 Å². The second-order valence-corrected chi connectivity index (χ2v) is 5.59. The van der Waals surface area contributed by atoms with Crippen LogP contribution >= 0.6 is 0 Å². The van der Waals surface area contributed by atoms with Gasteiger partial charge in [0.1, 0.15) is 6.61 Å². The molecule has 24 heavy (non-hydrogen) atoms. The number of ether oxygens (including phenoxy) is 3. The Hall–Kier alpha value is -1.63. The minimum absolute atomic E-state index is 0.183. The third-order valence-electron chi connectivity index (χ3n) is 3.50. The van der Waals surface area contributed by atoms with Crippen LogP contribution in [-0.2, 0) is 28.6 Å². The van der Waals surface area contributed by atoms with Crippen LogP contribution in [0.4, 0.5) is 0 Å². The van der Waals surface area contributed by atoms with Crippen molar-refractivity contribution < 1.29 is 33.7 Å². The van der Waals surface area contributed by atoms with Gasteiger partial charge in [0, 0.05) is 0 Å². The number of esters is 3. The molecule has 0 spiro atoms. The van der Waals surface area contributed by atoms with Gasteiger partial charge in [-0.25, -0.2) is 0 Å². The maximum atomic E-state index is 12.1. The van der Waals surface area contributed by atoms with Gasteiger partial charge >= 0.3 is 17.9 Å². The molecular formula is C17H30O7. The van der Waals surface area contributed by atoms with Gasteiger partial charge in [-0.1, -0.05) is 33.6 Å². The number of hydrogen-bond acceptors (Lipinski definition) is 7. The first-order chi connectivity index (χ1) is 11.5. The SMILES string of the molecule is CCCCOC(=O)CC(C(=O)OCCO)C(C)C(=O)OCCCC. The molecule has 0 aliphatic rings. The summed E-state index contributed by atoms with van der Waals surface area (Å²) in [5.41, 5.74) is 0. The summed E-state index contributed by atoms with van der Waals surface area (Å²) in [4.78, 5) is 36.0. The van der Waals surface area contributed by atoms with Crippen molar-refractivity contribution in [3.63, 3.8) is 0 Å². The van der Waals surface area contributed by atoms with Gasteiger partial charge in [0.15, 0.2) is 0 Å². The van der Waals surface area contributed by atoms with Gasteiger partial charge in [0.05, 0.1) is 38.1 Å². The average Bonchev–Trinajstić information content (AvgIpc) is 2.57. The Labute approximate surface area is 143 Å². The van der Waals surface area contributed by atoms with Crippen LogP contribution in [0.1, 0.15) is 52.9 Å². The Morgan fingerprint density at radius 3 is 1.96 bits per heavy atom. The number of hydrogen-bond donors (Lipinski definition) is 1. The average molecular weight is 346 g/mol. The molecule has 0 amide bonds. The summed E-state index contributed by atoms with van der Waals surface area (Å²) in [6, 6.07) is 0. The Morgan fingerprint density at radius 2 is 1.42 bits per heavy atom. The zero-order valence-electron chi connectivity index (χ0n) is 14.9. The lowest BCUT2D eigenvalue weighted by Gasteiger charge is -2.20.